The van der Waals surface area contributed by atoms with E-state index in [0.29, 0.717) is 11.3 Å². The molecular formula is C21H28N2O2. The molecular weight excluding hydrogens is 312 g/mol. The van der Waals surface area contributed by atoms with E-state index < -0.39 is 5.91 Å². The Balaban J connectivity index is 1.90. The Labute approximate surface area is 150 Å². The van der Waals surface area contributed by atoms with Gasteiger partial charge in [-0.3, -0.25) is 4.79 Å². The Hall–Kier alpha value is -2.33. The van der Waals surface area contributed by atoms with Crippen LogP contribution in [0.1, 0.15) is 42.6 Å². The van der Waals surface area contributed by atoms with Crippen molar-refractivity contribution in [2.45, 2.75) is 33.6 Å². The Kier molecular flexibility index (Phi) is 7.02. The number of allylic oxidation sites excluding steroid dienone is 3. The molecule has 0 atom stereocenters. The first kappa shape index (κ1) is 19.0. The van der Waals surface area contributed by atoms with E-state index in [0.717, 1.165) is 36.8 Å². The zero-order chi connectivity index (χ0) is 18.2. The number of hydrogen-bond acceptors (Lipinski definition) is 3. The second-order valence-electron chi connectivity index (χ2n) is 6.76. The molecule has 0 spiro atoms. The van der Waals surface area contributed by atoms with Crippen LogP contribution in [0, 0.1) is 12.8 Å². The van der Waals surface area contributed by atoms with Crippen molar-refractivity contribution in [1.29, 1.82) is 0 Å². The maximum atomic E-state index is 11.3. The summed E-state index contributed by atoms with van der Waals surface area (Å²) in [4.78, 5) is 11.3. The summed E-state index contributed by atoms with van der Waals surface area (Å²) in [6.07, 6.45) is 10.4. The molecule has 1 aliphatic carbocycles. The van der Waals surface area contributed by atoms with Gasteiger partial charge in [0.25, 0.3) is 0 Å². The predicted molar refractivity (Wildman–Crippen MR) is 103 cm³/mol. The Morgan fingerprint density at radius 1 is 1.28 bits per heavy atom. The van der Waals surface area contributed by atoms with E-state index in [9.17, 15) is 4.79 Å². The summed E-state index contributed by atoms with van der Waals surface area (Å²) in [5.74, 6) is 1.81. The summed E-state index contributed by atoms with van der Waals surface area (Å²) in [7, 11) is 0. The van der Waals surface area contributed by atoms with Gasteiger partial charge in [-0.15, -0.1) is 0 Å². The highest BCUT2D eigenvalue weighted by Crippen LogP contribution is 2.21. The van der Waals surface area contributed by atoms with Crippen molar-refractivity contribution in [2.75, 3.05) is 13.1 Å². The van der Waals surface area contributed by atoms with Gasteiger partial charge in [0, 0.05) is 12.1 Å². The van der Waals surface area contributed by atoms with Gasteiger partial charge in [-0.25, -0.2) is 0 Å². The number of amides is 1. The molecule has 1 amide bonds. The van der Waals surface area contributed by atoms with Crippen LogP contribution in [0.3, 0.4) is 0 Å². The van der Waals surface area contributed by atoms with Crippen molar-refractivity contribution in [1.82, 2.24) is 5.32 Å². The number of hydrogen-bond donors (Lipinski definition) is 2. The summed E-state index contributed by atoms with van der Waals surface area (Å²) >= 11 is 0. The molecule has 0 saturated heterocycles. The van der Waals surface area contributed by atoms with Crippen LogP contribution in [0.15, 0.2) is 53.8 Å². The molecule has 25 heavy (non-hydrogen) atoms. The predicted octanol–water partition coefficient (Wildman–Crippen LogP) is 3.88. The second-order valence-corrected chi connectivity index (χ2v) is 6.76. The van der Waals surface area contributed by atoms with Crippen LogP contribution < -0.4 is 15.8 Å². The highest BCUT2D eigenvalue weighted by molar-refractivity contribution is 5.94. The van der Waals surface area contributed by atoms with Gasteiger partial charge >= 0.3 is 0 Å². The molecule has 4 nitrogen and oxygen atoms in total. The Morgan fingerprint density at radius 2 is 2.08 bits per heavy atom. The molecule has 0 unspecified atom stereocenters. The molecule has 1 aromatic carbocycles. The molecule has 0 fully saturated rings. The average molecular weight is 340 g/mol. The summed E-state index contributed by atoms with van der Waals surface area (Å²) < 4.78 is 5.92. The van der Waals surface area contributed by atoms with Crippen LogP contribution in [0.25, 0.3) is 0 Å². The number of rotatable bonds is 8. The van der Waals surface area contributed by atoms with Crippen LogP contribution in [-0.2, 0) is 0 Å². The standard InChI is InChI=1S/C21H28N2O2/c1-15(2)11-12-23-14-17-5-4-6-18(8-7-17)25-19-9-10-20(21(22)24)16(3)13-19/h5-10,13,15,23H,4,11-12,14H2,1-3H3,(H2,22,24). The van der Waals surface area contributed by atoms with Crippen LogP contribution in [0.5, 0.6) is 5.75 Å². The van der Waals surface area contributed by atoms with E-state index in [1.54, 1.807) is 12.1 Å². The van der Waals surface area contributed by atoms with Crippen molar-refractivity contribution in [3.63, 3.8) is 0 Å². The number of primary amides is 1. The van der Waals surface area contributed by atoms with Gasteiger partial charge in [0.15, 0.2) is 0 Å². The highest BCUT2D eigenvalue weighted by atomic mass is 16.5. The van der Waals surface area contributed by atoms with Crippen molar-refractivity contribution >= 4 is 5.91 Å². The molecule has 2 rings (SSSR count). The van der Waals surface area contributed by atoms with E-state index in [1.165, 1.54) is 12.0 Å². The first-order chi connectivity index (χ1) is 12.0. The molecule has 0 aromatic heterocycles. The molecule has 0 bridgehead atoms. The minimum atomic E-state index is -0.420. The van der Waals surface area contributed by atoms with Crippen LogP contribution >= 0.6 is 0 Å². The fourth-order valence-corrected chi connectivity index (χ4v) is 2.59. The highest BCUT2D eigenvalue weighted by Gasteiger charge is 2.07. The number of nitrogens with two attached hydrogens (primary N) is 1. The fraction of sp³-hybridized carbons (Fsp3) is 0.381. The Bertz CT molecular complexity index is 700. The lowest BCUT2D eigenvalue weighted by Gasteiger charge is -2.09. The molecule has 1 aromatic rings. The van der Waals surface area contributed by atoms with Crippen molar-refractivity contribution < 1.29 is 9.53 Å². The summed E-state index contributed by atoms with van der Waals surface area (Å²) in [5.41, 5.74) is 7.94. The first-order valence-electron chi connectivity index (χ1n) is 8.82. The van der Waals surface area contributed by atoms with Gasteiger partial charge < -0.3 is 15.8 Å². The van der Waals surface area contributed by atoms with E-state index in [4.69, 9.17) is 10.5 Å². The number of ether oxygens (including phenoxy) is 1. The summed E-state index contributed by atoms with van der Waals surface area (Å²) in [6, 6.07) is 5.31. The van der Waals surface area contributed by atoms with Crippen LogP contribution in [-0.4, -0.2) is 19.0 Å². The zero-order valence-electron chi connectivity index (χ0n) is 15.3. The van der Waals surface area contributed by atoms with Gasteiger partial charge in [-0.05, 0) is 73.7 Å². The summed E-state index contributed by atoms with van der Waals surface area (Å²) in [6.45, 7) is 8.23. The van der Waals surface area contributed by atoms with Gasteiger partial charge in [0.2, 0.25) is 5.91 Å². The van der Waals surface area contributed by atoms with Crippen LogP contribution in [0.2, 0.25) is 0 Å². The third-order valence-electron chi connectivity index (χ3n) is 4.09. The Morgan fingerprint density at radius 3 is 2.76 bits per heavy atom. The average Bonchev–Trinajstić information content (AvgIpc) is 2.76. The van der Waals surface area contributed by atoms with E-state index in [2.05, 4.69) is 37.4 Å². The number of carbonyl (C=O) groups is 1. The molecule has 0 heterocycles. The SMILES string of the molecule is Cc1cc(OC2=CCC=C(CNCCC(C)C)C=C2)ccc1C(N)=O. The maximum absolute atomic E-state index is 11.3. The topological polar surface area (TPSA) is 64.3 Å². The normalized spacial score (nSPS) is 14.1. The molecule has 4 heteroatoms. The van der Waals surface area contributed by atoms with Crippen molar-refractivity contribution in [3.05, 3.63) is 65.0 Å². The van der Waals surface area contributed by atoms with Gasteiger partial charge in [-0.1, -0.05) is 26.0 Å². The van der Waals surface area contributed by atoms with Gasteiger partial charge in [0.05, 0.1) is 0 Å². The monoisotopic (exact) mass is 340 g/mol. The van der Waals surface area contributed by atoms with Crippen molar-refractivity contribution in [2.24, 2.45) is 11.7 Å². The third-order valence-corrected chi connectivity index (χ3v) is 4.09. The third kappa shape index (κ3) is 6.24. The quantitative estimate of drug-likeness (QED) is 0.706. The van der Waals surface area contributed by atoms with Gasteiger partial charge in [-0.2, -0.15) is 0 Å². The minimum absolute atomic E-state index is 0.420. The van der Waals surface area contributed by atoms with Crippen LogP contribution in [0.4, 0.5) is 0 Å². The fourth-order valence-electron chi connectivity index (χ4n) is 2.59. The van der Waals surface area contributed by atoms with E-state index in [1.807, 2.05) is 19.1 Å². The number of aryl methyl sites for hydroxylation is 1. The molecule has 134 valence electrons. The number of benzene rings is 1. The molecule has 1 aliphatic rings. The molecule has 0 saturated carbocycles. The minimum Gasteiger partial charge on any atom is -0.458 e. The molecule has 3 N–H and O–H groups in total. The molecule has 0 aliphatic heterocycles. The van der Waals surface area contributed by atoms with E-state index in [-0.39, 0.29) is 0 Å². The largest absolute Gasteiger partial charge is 0.458 e. The lowest BCUT2D eigenvalue weighted by atomic mass is 10.1. The zero-order valence-corrected chi connectivity index (χ0v) is 15.3. The number of carbonyl (C=O) groups excluding carboxylic acids is 1. The van der Waals surface area contributed by atoms with Gasteiger partial charge in [0.1, 0.15) is 11.5 Å². The summed E-state index contributed by atoms with van der Waals surface area (Å²) in [5, 5.41) is 3.48. The van der Waals surface area contributed by atoms with Crippen molar-refractivity contribution in [3.8, 4) is 5.75 Å². The van der Waals surface area contributed by atoms with E-state index >= 15 is 0 Å². The number of nitrogens with one attached hydrogen (secondary N) is 1. The maximum Gasteiger partial charge on any atom is 0.248 e. The first-order valence-corrected chi connectivity index (χ1v) is 8.82. The molecule has 0 radical (unpaired) electrons. The lowest BCUT2D eigenvalue weighted by Crippen LogP contribution is -2.19. The second kappa shape index (κ2) is 9.23. The lowest BCUT2D eigenvalue weighted by molar-refractivity contribution is 0.0999. The smallest absolute Gasteiger partial charge is 0.248 e.